The van der Waals surface area contributed by atoms with Crippen molar-refractivity contribution in [3.63, 3.8) is 0 Å². The van der Waals surface area contributed by atoms with E-state index in [2.05, 4.69) is 4.98 Å². The molecule has 0 aliphatic rings. The smallest absolute Gasteiger partial charge is 0.230 e. The molecule has 0 aliphatic carbocycles. The first-order valence-corrected chi connectivity index (χ1v) is 10.7. The van der Waals surface area contributed by atoms with E-state index in [0.29, 0.717) is 0 Å². The van der Waals surface area contributed by atoms with Crippen molar-refractivity contribution in [3.8, 4) is 0 Å². The second kappa shape index (κ2) is 7.01. The van der Waals surface area contributed by atoms with Crippen LogP contribution in [0.25, 0.3) is 10.2 Å². The summed E-state index contributed by atoms with van der Waals surface area (Å²) in [4.78, 5) is 4.85. The molecule has 8 heteroatoms. The van der Waals surface area contributed by atoms with Gasteiger partial charge in [-0.1, -0.05) is 35.5 Å². The Balaban J connectivity index is 1.82. The van der Waals surface area contributed by atoms with Crippen LogP contribution in [0.3, 0.4) is 0 Å². The number of aromatic nitrogens is 1. The van der Waals surface area contributed by atoms with Crippen molar-refractivity contribution in [1.82, 2.24) is 9.29 Å². The van der Waals surface area contributed by atoms with Crippen molar-refractivity contribution in [2.45, 2.75) is 15.0 Å². The Morgan fingerprint density at radius 1 is 1.17 bits per heavy atom. The van der Waals surface area contributed by atoms with Crippen LogP contribution < -0.4 is 0 Å². The molecule has 3 aromatic rings. The molecule has 24 heavy (non-hydrogen) atoms. The van der Waals surface area contributed by atoms with Crippen molar-refractivity contribution >= 4 is 54.9 Å². The first-order valence-electron chi connectivity index (χ1n) is 7.06. The number of rotatable bonds is 5. The number of hydrogen-bond acceptors (Lipinski definition) is 5. The van der Waals surface area contributed by atoms with Crippen molar-refractivity contribution < 1.29 is 8.42 Å². The van der Waals surface area contributed by atoms with E-state index in [1.54, 1.807) is 30.0 Å². The average molecular weight is 399 g/mol. The molecule has 0 aliphatic heterocycles. The Hall–Kier alpha value is -1.12. The zero-order chi connectivity index (χ0) is 17.3. The van der Waals surface area contributed by atoms with Crippen molar-refractivity contribution in [2.75, 3.05) is 14.1 Å². The number of thioether (sulfide) groups is 1. The Kier molecular flexibility index (Phi) is 5.17. The summed E-state index contributed by atoms with van der Waals surface area (Å²) in [6.07, 6.45) is 0. The van der Waals surface area contributed by atoms with Crippen LogP contribution in [0.5, 0.6) is 0 Å². The Bertz CT molecular complexity index is 967. The van der Waals surface area contributed by atoms with E-state index in [9.17, 15) is 8.42 Å². The molecule has 0 spiro atoms. The zero-order valence-electron chi connectivity index (χ0n) is 13.1. The molecule has 4 nitrogen and oxygen atoms in total. The number of sulfonamides is 1. The van der Waals surface area contributed by atoms with Crippen LogP contribution in [0.1, 0.15) is 5.56 Å². The first-order chi connectivity index (χ1) is 11.4. The van der Waals surface area contributed by atoms with Crippen molar-refractivity contribution in [3.05, 3.63) is 53.1 Å². The fraction of sp³-hybridized carbons (Fsp3) is 0.188. The summed E-state index contributed by atoms with van der Waals surface area (Å²) in [5, 5.41) is 0.721. The van der Waals surface area contributed by atoms with Crippen molar-refractivity contribution in [1.29, 1.82) is 0 Å². The first kappa shape index (κ1) is 17.7. The largest absolute Gasteiger partial charge is 0.242 e. The molecular formula is C16H15ClN2O2S3. The normalized spacial score (nSPS) is 12.2. The molecule has 0 bridgehead atoms. The van der Waals surface area contributed by atoms with Gasteiger partial charge in [0.05, 0.1) is 15.1 Å². The monoisotopic (exact) mass is 398 g/mol. The minimum absolute atomic E-state index is 0.290. The predicted molar refractivity (Wildman–Crippen MR) is 102 cm³/mol. The maximum absolute atomic E-state index is 12.2. The van der Waals surface area contributed by atoms with E-state index >= 15 is 0 Å². The van der Waals surface area contributed by atoms with Gasteiger partial charge >= 0.3 is 0 Å². The van der Waals surface area contributed by atoms with Crippen LogP contribution in [0.4, 0.5) is 0 Å². The fourth-order valence-electron chi connectivity index (χ4n) is 2.04. The SMILES string of the molecule is CN(C)S(=O)(=O)c1ccc2nc(SCc3ccc(Cl)cc3)sc2c1. The number of thiazole rings is 1. The topological polar surface area (TPSA) is 50.3 Å². The minimum atomic E-state index is -3.43. The lowest BCUT2D eigenvalue weighted by Crippen LogP contribution is -2.22. The van der Waals surface area contributed by atoms with Crippen molar-refractivity contribution in [2.24, 2.45) is 0 Å². The molecule has 1 heterocycles. The van der Waals surface area contributed by atoms with Gasteiger partial charge in [0.1, 0.15) is 0 Å². The maximum atomic E-state index is 12.2. The Labute approximate surface area is 154 Å². The van der Waals surface area contributed by atoms with E-state index < -0.39 is 10.0 Å². The third-order valence-electron chi connectivity index (χ3n) is 3.39. The molecule has 0 atom stereocenters. The molecule has 0 unspecified atom stereocenters. The standard InChI is InChI=1S/C16H15ClN2O2S3/c1-19(2)24(20,21)13-7-8-14-15(9-13)23-16(18-14)22-10-11-3-5-12(17)6-4-11/h3-9H,10H2,1-2H3. The summed E-state index contributed by atoms with van der Waals surface area (Å²) in [5.74, 6) is 0.792. The van der Waals surface area contributed by atoms with Crippen LogP contribution in [-0.2, 0) is 15.8 Å². The van der Waals surface area contributed by atoms with Gasteiger partial charge in [-0.05, 0) is 35.9 Å². The number of nitrogens with zero attached hydrogens (tertiary/aromatic N) is 2. The van der Waals surface area contributed by atoms with Gasteiger partial charge in [0.15, 0.2) is 4.34 Å². The highest BCUT2D eigenvalue weighted by molar-refractivity contribution is 8.00. The van der Waals surface area contributed by atoms with E-state index in [4.69, 9.17) is 11.6 Å². The summed E-state index contributed by atoms with van der Waals surface area (Å²) in [6.45, 7) is 0. The van der Waals surface area contributed by atoms with Crippen LogP contribution in [0.15, 0.2) is 51.7 Å². The van der Waals surface area contributed by atoms with E-state index in [1.807, 2.05) is 24.3 Å². The maximum Gasteiger partial charge on any atom is 0.242 e. The van der Waals surface area contributed by atoms with Gasteiger partial charge in [0.2, 0.25) is 10.0 Å². The predicted octanol–water partition coefficient (Wildman–Crippen LogP) is 4.49. The molecule has 0 amide bonds. The molecule has 126 valence electrons. The van der Waals surface area contributed by atoms with E-state index in [0.717, 1.165) is 25.3 Å². The van der Waals surface area contributed by atoms with Gasteiger partial charge in [-0.2, -0.15) is 0 Å². The minimum Gasteiger partial charge on any atom is -0.230 e. The Morgan fingerprint density at radius 2 is 1.88 bits per heavy atom. The van der Waals surface area contributed by atoms with Gasteiger partial charge in [-0.15, -0.1) is 11.3 Å². The van der Waals surface area contributed by atoms with E-state index in [-0.39, 0.29) is 4.90 Å². The molecule has 2 aromatic carbocycles. The van der Waals surface area contributed by atoms with Crippen LogP contribution in [0.2, 0.25) is 5.02 Å². The summed E-state index contributed by atoms with van der Waals surface area (Å²) < 4.78 is 27.4. The summed E-state index contributed by atoms with van der Waals surface area (Å²) in [6, 6.07) is 12.8. The Morgan fingerprint density at radius 3 is 2.54 bits per heavy atom. The number of hydrogen-bond donors (Lipinski definition) is 0. The number of benzene rings is 2. The van der Waals surface area contributed by atoms with Crippen LogP contribution in [-0.4, -0.2) is 31.8 Å². The van der Waals surface area contributed by atoms with Crippen LogP contribution >= 0.6 is 34.7 Å². The summed E-state index contributed by atoms with van der Waals surface area (Å²) in [7, 11) is -0.371. The molecule has 0 radical (unpaired) electrons. The molecule has 1 aromatic heterocycles. The van der Waals surface area contributed by atoms with Gasteiger partial charge in [-0.25, -0.2) is 17.7 Å². The highest BCUT2D eigenvalue weighted by Crippen LogP contribution is 2.33. The highest BCUT2D eigenvalue weighted by Gasteiger charge is 2.18. The number of halogens is 1. The van der Waals surface area contributed by atoms with Gasteiger partial charge in [0, 0.05) is 24.9 Å². The van der Waals surface area contributed by atoms with E-state index in [1.165, 1.54) is 35.3 Å². The number of fused-ring (bicyclic) bond motifs is 1. The lowest BCUT2D eigenvalue weighted by atomic mass is 10.2. The third-order valence-corrected chi connectivity index (χ3v) is 7.69. The second-order valence-corrected chi connectivity index (χ2v) is 10.2. The molecule has 0 saturated heterocycles. The lowest BCUT2D eigenvalue weighted by molar-refractivity contribution is 0.521. The van der Waals surface area contributed by atoms with Gasteiger partial charge in [-0.3, -0.25) is 0 Å². The molecule has 0 N–H and O–H groups in total. The fourth-order valence-corrected chi connectivity index (χ4v) is 5.24. The molecule has 0 fully saturated rings. The zero-order valence-corrected chi connectivity index (χ0v) is 16.3. The van der Waals surface area contributed by atoms with Gasteiger partial charge < -0.3 is 0 Å². The van der Waals surface area contributed by atoms with Gasteiger partial charge in [0.25, 0.3) is 0 Å². The van der Waals surface area contributed by atoms with Crippen LogP contribution in [0, 0.1) is 0 Å². The second-order valence-electron chi connectivity index (χ2n) is 5.31. The third kappa shape index (κ3) is 3.75. The molecule has 3 rings (SSSR count). The lowest BCUT2D eigenvalue weighted by Gasteiger charge is -2.10. The highest BCUT2D eigenvalue weighted by atomic mass is 35.5. The average Bonchev–Trinajstić information content (AvgIpc) is 2.96. The summed E-state index contributed by atoms with van der Waals surface area (Å²) in [5.41, 5.74) is 1.98. The molecular weight excluding hydrogens is 384 g/mol. The quantitative estimate of drug-likeness (QED) is 0.594. The molecule has 0 saturated carbocycles. The summed E-state index contributed by atoms with van der Waals surface area (Å²) >= 11 is 9.02.